The van der Waals surface area contributed by atoms with Crippen molar-refractivity contribution < 1.29 is 4.39 Å². The summed E-state index contributed by atoms with van der Waals surface area (Å²) in [5.41, 5.74) is 4.43. The highest BCUT2D eigenvalue weighted by molar-refractivity contribution is 5.28. The molecular formula is C16H26FN3. The molecule has 2 rings (SSSR count). The number of nitrogens with one attached hydrogen (secondary N) is 1. The van der Waals surface area contributed by atoms with Gasteiger partial charge in [-0.3, -0.25) is 16.2 Å². The average Bonchev–Trinajstić information content (AvgIpc) is 2.98. The van der Waals surface area contributed by atoms with Crippen LogP contribution in [0.15, 0.2) is 18.2 Å². The topological polar surface area (TPSA) is 41.3 Å². The maximum absolute atomic E-state index is 13.9. The number of benzene rings is 1. The first-order valence-corrected chi connectivity index (χ1v) is 7.50. The summed E-state index contributed by atoms with van der Waals surface area (Å²) in [6.07, 6.45) is 3.43. The van der Waals surface area contributed by atoms with Crippen LogP contribution >= 0.6 is 0 Å². The second kappa shape index (κ2) is 6.20. The Morgan fingerprint density at radius 2 is 2.05 bits per heavy atom. The Morgan fingerprint density at radius 3 is 2.55 bits per heavy atom. The predicted molar refractivity (Wildman–Crippen MR) is 80.7 cm³/mol. The van der Waals surface area contributed by atoms with E-state index in [1.54, 1.807) is 13.0 Å². The Hall–Kier alpha value is -0.970. The SMILES string of the molecule is CCC(C)(C(NN)c1ccc(C)c(F)c1)N1CCCC1. The monoisotopic (exact) mass is 279 g/mol. The number of nitrogens with two attached hydrogens (primary N) is 1. The minimum atomic E-state index is -0.164. The Morgan fingerprint density at radius 1 is 1.40 bits per heavy atom. The lowest BCUT2D eigenvalue weighted by Crippen LogP contribution is -2.54. The van der Waals surface area contributed by atoms with Crippen molar-refractivity contribution in [3.05, 3.63) is 35.1 Å². The van der Waals surface area contributed by atoms with Crippen molar-refractivity contribution in [2.45, 2.75) is 51.6 Å². The first-order valence-electron chi connectivity index (χ1n) is 7.50. The van der Waals surface area contributed by atoms with Gasteiger partial charge in [-0.25, -0.2) is 4.39 Å². The number of nitrogens with zero attached hydrogens (tertiary/aromatic N) is 1. The van der Waals surface area contributed by atoms with Gasteiger partial charge in [0.15, 0.2) is 0 Å². The van der Waals surface area contributed by atoms with Crippen molar-refractivity contribution in [3.63, 3.8) is 0 Å². The average molecular weight is 279 g/mol. The van der Waals surface area contributed by atoms with Gasteiger partial charge >= 0.3 is 0 Å². The van der Waals surface area contributed by atoms with E-state index in [-0.39, 0.29) is 17.4 Å². The number of hydrogen-bond donors (Lipinski definition) is 2. The molecule has 1 heterocycles. The second-order valence-corrected chi connectivity index (χ2v) is 6.01. The zero-order chi connectivity index (χ0) is 14.8. The molecule has 20 heavy (non-hydrogen) atoms. The van der Waals surface area contributed by atoms with Crippen LogP contribution in [0.3, 0.4) is 0 Å². The molecule has 0 radical (unpaired) electrons. The summed E-state index contributed by atoms with van der Waals surface area (Å²) >= 11 is 0. The molecule has 1 fully saturated rings. The lowest BCUT2D eigenvalue weighted by molar-refractivity contribution is 0.0839. The van der Waals surface area contributed by atoms with Crippen LogP contribution in [0.25, 0.3) is 0 Å². The minimum absolute atomic E-state index is 0.0688. The standard InChI is InChI=1S/C16H26FN3/c1-4-16(3,20-9-5-6-10-20)15(19-18)13-8-7-12(2)14(17)11-13/h7-8,11,15,19H,4-6,9-10,18H2,1-3H3. The predicted octanol–water partition coefficient (Wildman–Crippen LogP) is 2.90. The number of aryl methyl sites for hydroxylation is 1. The number of rotatable bonds is 5. The molecule has 0 aromatic heterocycles. The molecule has 3 N–H and O–H groups in total. The second-order valence-electron chi connectivity index (χ2n) is 6.01. The van der Waals surface area contributed by atoms with Crippen molar-refractivity contribution in [2.75, 3.05) is 13.1 Å². The van der Waals surface area contributed by atoms with E-state index in [0.29, 0.717) is 5.56 Å². The van der Waals surface area contributed by atoms with Crippen LogP contribution in [0.2, 0.25) is 0 Å². The summed E-state index contributed by atoms with van der Waals surface area (Å²) in [5, 5.41) is 0. The van der Waals surface area contributed by atoms with E-state index in [2.05, 4.69) is 24.2 Å². The van der Waals surface area contributed by atoms with Crippen LogP contribution in [0.5, 0.6) is 0 Å². The third-order valence-electron chi connectivity index (χ3n) is 4.86. The number of halogens is 1. The fourth-order valence-corrected chi connectivity index (χ4v) is 3.26. The van der Waals surface area contributed by atoms with Crippen LogP contribution < -0.4 is 11.3 Å². The Labute approximate surface area is 121 Å². The van der Waals surface area contributed by atoms with E-state index in [1.807, 2.05) is 12.1 Å². The van der Waals surface area contributed by atoms with Gasteiger partial charge in [-0.2, -0.15) is 0 Å². The molecule has 1 aromatic carbocycles. The van der Waals surface area contributed by atoms with Crippen molar-refractivity contribution >= 4 is 0 Å². The van der Waals surface area contributed by atoms with Gasteiger partial charge in [-0.05, 0) is 63.4 Å². The van der Waals surface area contributed by atoms with Gasteiger partial charge in [-0.15, -0.1) is 0 Å². The van der Waals surface area contributed by atoms with Crippen LogP contribution in [-0.2, 0) is 0 Å². The van der Waals surface area contributed by atoms with E-state index in [9.17, 15) is 4.39 Å². The molecule has 112 valence electrons. The van der Waals surface area contributed by atoms with Crippen molar-refractivity contribution in [2.24, 2.45) is 5.84 Å². The highest BCUT2D eigenvalue weighted by Crippen LogP contribution is 2.36. The molecule has 3 nitrogen and oxygen atoms in total. The highest BCUT2D eigenvalue weighted by Gasteiger charge is 2.39. The third kappa shape index (κ3) is 2.73. The molecule has 0 aliphatic carbocycles. The molecule has 2 atom stereocenters. The molecule has 1 aliphatic heterocycles. The van der Waals surface area contributed by atoms with E-state index in [1.165, 1.54) is 12.8 Å². The van der Waals surface area contributed by atoms with Gasteiger partial charge in [0.1, 0.15) is 5.82 Å². The van der Waals surface area contributed by atoms with Gasteiger partial charge in [0.05, 0.1) is 6.04 Å². The Kier molecular flexibility index (Phi) is 4.78. The number of likely N-dealkylation sites (tertiary alicyclic amines) is 1. The summed E-state index contributed by atoms with van der Waals surface area (Å²) in [7, 11) is 0. The lowest BCUT2D eigenvalue weighted by Gasteiger charge is -2.44. The summed E-state index contributed by atoms with van der Waals surface area (Å²) < 4.78 is 13.9. The summed E-state index contributed by atoms with van der Waals surface area (Å²) in [6, 6.07) is 5.35. The molecule has 1 saturated heterocycles. The van der Waals surface area contributed by atoms with Crippen LogP contribution in [0.4, 0.5) is 4.39 Å². The van der Waals surface area contributed by atoms with Gasteiger partial charge in [-0.1, -0.05) is 19.1 Å². The fraction of sp³-hybridized carbons (Fsp3) is 0.625. The molecule has 0 bridgehead atoms. The van der Waals surface area contributed by atoms with Gasteiger partial charge < -0.3 is 0 Å². The maximum atomic E-state index is 13.9. The minimum Gasteiger partial charge on any atom is -0.296 e. The van der Waals surface area contributed by atoms with Crippen LogP contribution in [0, 0.1) is 12.7 Å². The zero-order valence-corrected chi connectivity index (χ0v) is 12.7. The molecule has 2 unspecified atom stereocenters. The van der Waals surface area contributed by atoms with Gasteiger partial charge in [0, 0.05) is 5.54 Å². The molecule has 1 aliphatic rings. The summed E-state index contributed by atoms with van der Waals surface area (Å²) in [5.74, 6) is 5.66. The van der Waals surface area contributed by atoms with Crippen molar-refractivity contribution in [1.29, 1.82) is 0 Å². The molecular weight excluding hydrogens is 253 g/mol. The van der Waals surface area contributed by atoms with E-state index < -0.39 is 0 Å². The highest BCUT2D eigenvalue weighted by atomic mass is 19.1. The lowest BCUT2D eigenvalue weighted by atomic mass is 9.83. The maximum Gasteiger partial charge on any atom is 0.126 e. The van der Waals surface area contributed by atoms with E-state index in [4.69, 9.17) is 5.84 Å². The third-order valence-corrected chi connectivity index (χ3v) is 4.86. The van der Waals surface area contributed by atoms with Crippen LogP contribution in [-0.4, -0.2) is 23.5 Å². The number of hydrogen-bond acceptors (Lipinski definition) is 3. The van der Waals surface area contributed by atoms with Crippen molar-refractivity contribution in [3.8, 4) is 0 Å². The fourth-order valence-electron chi connectivity index (χ4n) is 3.26. The first kappa shape index (κ1) is 15.4. The quantitative estimate of drug-likeness (QED) is 0.643. The van der Waals surface area contributed by atoms with Crippen molar-refractivity contribution in [1.82, 2.24) is 10.3 Å². The Balaban J connectivity index is 2.35. The smallest absolute Gasteiger partial charge is 0.126 e. The largest absolute Gasteiger partial charge is 0.296 e. The van der Waals surface area contributed by atoms with E-state index >= 15 is 0 Å². The molecule has 1 aromatic rings. The van der Waals surface area contributed by atoms with Gasteiger partial charge in [0.25, 0.3) is 0 Å². The zero-order valence-electron chi connectivity index (χ0n) is 12.7. The van der Waals surface area contributed by atoms with Crippen LogP contribution in [0.1, 0.15) is 50.3 Å². The molecule has 0 saturated carbocycles. The summed E-state index contributed by atoms with van der Waals surface area (Å²) in [4.78, 5) is 2.48. The van der Waals surface area contributed by atoms with E-state index in [0.717, 1.165) is 25.1 Å². The summed E-state index contributed by atoms with van der Waals surface area (Å²) in [6.45, 7) is 8.37. The molecule has 0 amide bonds. The normalized spacial score (nSPS) is 20.9. The number of hydrazine groups is 1. The van der Waals surface area contributed by atoms with Gasteiger partial charge in [0.2, 0.25) is 0 Å². The Bertz CT molecular complexity index is 457. The molecule has 4 heteroatoms. The molecule has 0 spiro atoms. The first-order chi connectivity index (χ1) is 9.52.